The van der Waals surface area contributed by atoms with Gasteiger partial charge < -0.3 is 67.5 Å². The molecule has 11 rings (SSSR count). The van der Waals surface area contributed by atoms with Crippen LogP contribution >= 0.6 is 35.6 Å². The third-order valence-electron chi connectivity index (χ3n) is 14.3. The number of pyridine rings is 3. The van der Waals surface area contributed by atoms with E-state index in [0.717, 1.165) is 124 Å². The van der Waals surface area contributed by atoms with Crippen molar-refractivity contribution >= 4 is 99.2 Å². The van der Waals surface area contributed by atoms with Crippen LogP contribution in [0.2, 0.25) is 10.3 Å². The normalized spacial score (nSPS) is 14.3. The number of carbonyl (C=O) groups is 1. The molecule has 9 N–H and O–H groups in total. The first kappa shape index (κ1) is 67.8. The van der Waals surface area contributed by atoms with E-state index in [2.05, 4.69) is 167 Å². The first-order chi connectivity index (χ1) is 42.6. The fourth-order valence-corrected chi connectivity index (χ4v) is 9.45. The zero-order valence-electron chi connectivity index (χ0n) is 51.0. The van der Waals surface area contributed by atoms with Crippen LogP contribution in [0.1, 0.15) is 10.4 Å². The maximum atomic E-state index is 11.5. The van der Waals surface area contributed by atoms with E-state index in [-0.39, 0.29) is 24.1 Å². The molecule has 3 aliphatic rings. The number of aliphatic imine (C=N–C) groups is 1. The summed E-state index contributed by atoms with van der Waals surface area (Å²) in [6.07, 6.45) is 11.6. The standard InChI is InChI=1S/C22H28N8.C20H21ClN6.C12H19N5.C10H11ClN2O.ClH/c1-29-12-14-30(15-13-29)19-5-3-18(4-6-19)27-22-25-10-8-20(28-22)17-2-7-21(26-16-17)24-11-9-23;1-26-10-12-27(13-11-26)17-5-3-16(4-6-17)24-20-22-9-8-18(25-20)15-2-7-19(21)23-14-15;1-16-6-8-17(9-7-16)11-4-2-10(3-5-11)15-12(13)14;1-13(2)6-5-9(14)8-3-4-10(11)12-7-8;/h2-8,10,16H,9,11-15,23H2,1H3,(H,24,26)(H,25,27,28);2-9,14H,10-13H2,1H3,(H,22,24,25);2-5H,6-9H2,1H3,(H4,13,14,15);3-7H,1-2H3;1H/b;;;6-5+;. The summed E-state index contributed by atoms with van der Waals surface area (Å²) in [5, 5.41) is 10.6. The average Bonchev–Trinajstić information content (AvgIpc) is 3.67. The van der Waals surface area contributed by atoms with Gasteiger partial charge in [-0.05, 0) is 142 Å². The quantitative estimate of drug-likeness (QED) is 0.0174. The number of aromatic nitrogens is 7. The number of ketones is 1. The largest absolute Gasteiger partial charge is 0.383 e. The van der Waals surface area contributed by atoms with Gasteiger partial charge in [0.15, 0.2) is 11.7 Å². The topological polar surface area (TPSA) is 256 Å². The van der Waals surface area contributed by atoms with Crippen LogP contribution in [-0.4, -0.2) is 193 Å². The van der Waals surface area contributed by atoms with Crippen LogP contribution in [0.25, 0.3) is 22.5 Å². The number of carbonyl (C=O) groups excluding carboxylic acids is 1. The summed E-state index contributed by atoms with van der Waals surface area (Å²) >= 11 is 11.4. The van der Waals surface area contributed by atoms with Crippen molar-refractivity contribution in [1.82, 2.24) is 54.5 Å². The van der Waals surface area contributed by atoms with Gasteiger partial charge in [0.25, 0.3) is 0 Å². The molecule has 3 aliphatic heterocycles. The summed E-state index contributed by atoms with van der Waals surface area (Å²) in [4.78, 5) is 61.7. The Morgan fingerprint density at radius 3 is 1.36 bits per heavy atom. The van der Waals surface area contributed by atoms with Crippen molar-refractivity contribution in [1.29, 1.82) is 0 Å². The van der Waals surface area contributed by atoms with Crippen molar-refractivity contribution in [3.63, 3.8) is 0 Å². The van der Waals surface area contributed by atoms with Gasteiger partial charge in [0.1, 0.15) is 16.1 Å². The van der Waals surface area contributed by atoms with Crippen molar-refractivity contribution in [3.8, 4) is 22.5 Å². The highest BCUT2D eigenvalue weighted by Crippen LogP contribution is 2.26. The number of allylic oxidation sites excluding steroid dienone is 1. The van der Waals surface area contributed by atoms with Crippen LogP contribution in [0.15, 0.2) is 170 Å². The number of likely N-dealkylation sites (N-methyl/N-ethyl adjacent to an activating group) is 3. The van der Waals surface area contributed by atoms with Crippen molar-refractivity contribution in [2.75, 3.05) is 158 Å². The molecule has 89 heavy (non-hydrogen) atoms. The minimum absolute atomic E-state index is 0. The Bertz CT molecular complexity index is 3450. The van der Waals surface area contributed by atoms with E-state index >= 15 is 0 Å². The van der Waals surface area contributed by atoms with E-state index in [0.29, 0.717) is 40.9 Å². The number of anilines is 8. The van der Waals surface area contributed by atoms with Crippen LogP contribution in [0, 0.1) is 0 Å². The number of rotatable bonds is 16. The molecular weight excluding hydrogens is 1190 g/mol. The summed E-state index contributed by atoms with van der Waals surface area (Å²) in [6.45, 7) is 14.2. The molecule has 3 aromatic carbocycles. The third kappa shape index (κ3) is 22.1. The van der Waals surface area contributed by atoms with Crippen LogP contribution in [0.3, 0.4) is 0 Å². The molecule has 0 bridgehead atoms. The highest BCUT2D eigenvalue weighted by atomic mass is 35.5. The fraction of sp³-hybridized carbons (Fsp3) is 0.297. The van der Waals surface area contributed by atoms with E-state index in [1.54, 1.807) is 54.1 Å². The van der Waals surface area contributed by atoms with Gasteiger partial charge in [0, 0.05) is 194 Å². The highest BCUT2D eigenvalue weighted by Gasteiger charge is 2.17. The molecular formula is C64H80Cl3N21O. The number of nitrogens with zero attached hydrogens (tertiary/aromatic N) is 15. The molecule has 0 radical (unpaired) electrons. The molecule has 468 valence electrons. The predicted octanol–water partition coefficient (Wildman–Crippen LogP) is 8.85. The Balaban J connectivity index is 0.000000176. The molecule has 3 fully saturated rings. The number of guanidine groups is 1. The zero-order valence-corrected chi connectivity index (χ0v) is 53.3. The van der Waals surface area contributed by atoms with E-state index in [9.17, 15) is 4.79 Å². The lowest BCUT2D eigenvalue weighted by Gasteiger charge is -2.34. The smallest absolute Gasteiger partial charge is 0.227 e. The molecule has 8 heterocycles. The maximum Gasteiger partial charge on any atom is 0.227 e. The minimum Gasteiger partial charge on any atom is -0.383 e. The molecule has 0 saturated carbocycles. The first-order valence-electron chi connectivity index (χ1n) is 29.1. The van der Waals surface area contributed by atoms with Crippen molar-refractivity contribution < 1.29 is 4.79 Å². The van der Waals surface area contributed by atoms with Gasteiger partial charge in [-0.3, -0.25) is 4.79 Å². The lowest BCUT2D eigenvalue weighted by atomic mass is 10.2. The van der Waals surface area contributed by atoms with Gasteiger partial charge in [-0.1, -0.05) is 23.2 Å². The maximum absolute atomic E-state index is 11.5. The van der Waals surface area contributed by atoms with Gasteiger partial charge in [0.05, 0.1) is 17.1 Å². The number of piperazine rings is 3. The Kier molecular flexibility index (Phi) is 26.4. The number of nitrogens with two attached hydrogens (primary N) is 3. The van der Waals surface area contributed by atoms with Gasteiger partial charge >= 0.3 is 0 Å². The molecule has 22 nitrogen and oxygen atoms in total. The number of hydrogen-bond donors (Lipinski definition) is 6. The van der Waals surface area contributed by atoms with E-state index in [1.165, 1.54) is 29.3 Å². The molecule has 0 amide bonds. The summed E-state index contributed by atoms with van der Waals surface area (Å²) in [5.41, 5.74) is 26.6. The SMILES string of the molecule is CN(C)/C=C/C(=O)c1ccc(Cl)nc1.CN1CCN(c2ccc(N=C(N)N)cc2)CC1.CN1CCN(c2ccc(Nc3nccc(-c4ccc(Cl)nc4)n3)cc2)CC1.CN1CCN(c2ccc(Nc3nccc(-c4ccc(NCCN)nc4)n3)cc2)CC1.Cl. The number of benzene rings is 3. The lowest BCUT2D eigenvalue weighted by molar-refractivity contribution is 0.104. The summed E-state index contributed by atoms with van der Waals surface area (Å²) in [5.74, 6) is 1.93. The van der Waals surface area contributed by atoms with Crippen LogP contribution in [0.4, 0.5) is 51.8 Å². The Morgan fingerprint density at radius 1 is 0.551 bits per heavy atom. The Labute approximate surface area is 538 Å². The molecule has 0 unspecified atom stereocenters. The molecule has 0 atom stereocenters. The molecule has 0 aliphatic carbocycles. The molecule has 25 heteroatoms. The summed E-state index contributed by atoms with van der Waals surface area (Å²) in [7, 11) is 10.2. The second kappa shape index (κ2) is 34.7. The third-order valence-corrected chi connectivity index (χ3v) is 14.8. The highest BCUT2D eigenvalue weighted by molar-refractivity contribution is 6.29. The molecule has 3 saturated heterocycles. The van der Waals surface area contributed by atoms with Crippen molar-refractivity contribution in [2.24, 2.45) is 22.2 Å². The fourth-order valence-electron chi connectivity index (χ4n) is 9.22. The minimum atomic E-state index is -0.0807. The predicted molar refractivity (Wildman–Crippen MR) is 367 cm³/mol. The van der Waals surface area contributed by atoms with E-state index in [1.807, 2.05) is 56.6 Å². The Morgan fingerprint density at radius 2 is 0.978 bits per heavy atom. The average molecular weight is 1270 g/mol. The van der Waals surface area contributed by atoms with Crippen molar-refractivity contribution in [3.05, 3.63) is 180 Å². The van der Waals surface area contributed by atoms with Gasteiger partial charge in [-0.2, -0.15) is 0 Å². The number of nitrogens with one attached hydrogen (secondary N) is 3. The second-order valence-corrected chi connectivity index (χ2v) is 22.1. The number of halogens is 3. The molecule has 5 aromatic heterocycles. The van der Waals surface area contributed by atoms with E-state index in [4.69, 9.17) is 40.4 Å². The number of hydrogen-bond acceptors (Lipinski definition) is 20. The van der Waals surface area contributed by atoms with Gasteiger partial charge in [-0.15, -0.1) is 12.4 Å². The van der Waals surface area contributed by atoms with Crippen LogP contribution < -0.4 is 47.9 Å². The first-order valence-corrected chi connectivity index (χ1v) is 29.8. The zero-order chi connectivity index (χ0) is 62.2. The van der Waals surface area contributed by atoms with Gasteiger partial charge in [0.2, 0.25) is 11.9 Å². The van der Waals surface area contributed by atoms with E-state index < -0.39 is 0 Å². The Hall–Kier alpha value is -8.74. The summed E-state index contributed by atoms with van der Waals surface area (Å²) < 4.78 is 0. The van der Waals surface area contributed by atoms with Crippen LogP contribution in [0.5, 0.6) is 0 Å². The molecule has 0 spiro atoms. The molecule has 8 aromatic rings. The summed E-state index contributed by atoms with van der Waals surface area (Å²) in [6, 6.07) is 39.4. The van der Waals surface area contributed by atoms with Crippen LogP contribution in [-0.2, 0) is 0 Å². The van der Waals surface area contributed by atoms with Crippen molar-refractivity contribution in [2.45, 2.75) is 0 Å². The second-order valence-electron chi connectivity index (χ2n) is 21.3. The van der Waals surface area contributed by atoms with Gasteiger partial charge in [-0.25, -0.2) is 39.9 Å². The lowest BCUT2D eigenvalue weighted by Crippen LogP contribution is -2.44. The monoisotopic (exact) mass is 1260 g/mol.